The highest BCUT2D eigenvalue weighted by atomic mass is 16.3. The summed E-state index contributed by atoms with van der Waals surface area (Å²) in [5.74, 6) is 0.429. The summed E-state index contributed by atoms with van der Waals surface area (Å²) in [5.41, 5.74) is 1.23. The number of aliphatic hydroxyl groups is 1. The number of rotatable bonds is 2. The summed E-state index contributed by atoms with van der Waals surface area (Å²) in [6, 6.07) is 0.212. The Bertz CT molecular complexity index is 284. The minimum absolute atomic E-state index is 0.208. The standard InChI is InChI=1S/C9H15N3O/c1-12-5-7(4-11-12)8-2-3-10-9(8)6-13/h4-5,8-10,13H,2-3,6H2,1H3. The molecule has 1 aromatic rings. The monoisotopic (exact) mass is 181 g/mol. The van der Waals surface area contributed by atoms with Gasteiger partial charge in [0.2, 0.25) is 0 Å². The van der Waals surface area contributed by atoms with Gasteiger partial charge >= 0.3 is 0 Å². The van der Waals surface area contributed by atoms with Gasteiger partial charge in [0.15, 0.2) is 0 Å². The van der Waals surface area contributed by atoms with Gasteiger partial charge in [-0.25, -0.2) is 0 Å². The summed E-state index contributed by atoms with van der Waals surface area (Å²) in [7, 11) is 1.92. The molecule has 1 aromatic heterocycles. The third kappa shape index (κ3) is 1.59. The van der Waals surface area contributed by atoms with Crippen LogP contribution in [0.2, 0.25) is 0 Å². The Kier molecular flexibility index (Phi) is 2.33. The highest BCUT2D eigenvalue weighted by molar-refractivity contribution is 5.16. The minimum Gasteiger partial charge on any atom is -0.395 e. The number of hydrogen-bond acceptors (Lipinski definition) is 3. The van der Waals surface area contributed by atoms with Crippen molar-refractivity contribution in [3.05, 3.63) is 18.0 Å². The maximum Gasteiger partial charge on any atom is 0.0590 e. The van der Waals surface area contributed by atoms with Crippen molar-refractivity contribution in [3.8, 4) is 0 Å². The first kappa shape index (κ1) is 8.72. The molecule has 0 radical (unpaired) electrons. The van der Waals surface area contributed by atoms with E-state index in [2.05, 4.69) is 10.4 Å². The van der Waals surface area contributed by atoms with Gasteiger partial charge in [-0.1, -0.05) is 0 Å². The number of hydrogen-bond donors (Lipinski definition) is 2. The quantitative estimate of drug-likeness (QED) is 0.667. The van der Waals surface area contributed by atoms with Gasteiger partial charge in [0.1, 0.15) is 0 Å². The first-order chi connectivity index (χ1) is 6.31. The van der Waals surface area contributed by atoms with Crippen LogP contribution < -0.4 is 5.32 Å². The van der Waals surface area contributed by atoms with Crippen molar-refractivity contribution >= 4 is 0 Å². The van der Waals surface area contributed by atoms with Crippen LogP contribution >= 0.6 is 0 Å². The van der Waals surface area contributed by atoms with E-state index in [1.54, 1.807) is 0 Å². The number of aryl methyl sites for hydroxylation is 1. The van der Waals surface area contributed by atoms with Gasteiger partial charge in [-0.2, -0.15) is 5.10 Å². The van der Waals surface area contributed by atoms with E-state index in [-0.39, 0.29) is 12.6 Å². The summed E-state index contributed by atoms with van der Waals surface area (Å²) in [5, 5.41) is 16.5. The van der Waals surface area contributed by atoms with Gasteiger partial charge < -0.3 is 10.4 Å². The average molecular weight is 181 g/mol. The number of nitrogens with zero attached hydrogens (tertiary/aromatic N) is 2. The lowest BCUT2D eigenvalue weighted by Gasteiger charge is -2.14. The third-order valence-corrected chi connectivity index (χ3v) is 2.70. The molecule has 0 bridgehead atoms. The largest absolute Gasteiger partial charge is 0.395 e. The first-order valence-electron chi connectivity index (χ1n) is 4.64. The molecule has 2 heterocycles. The lowest BCUT2D eigenvalue weighted by atomic mass is 9.95. The zero-order valence-corrected chi connectivity index (χ0v) is 7.77. The third-order valence-electron chi connectivity index (χ3n) is 2.70. The van der Waals surface area contributed by atoms with Crippen molar-refractivity contribution in [2.75, 3.05) is 13.2 Å². The van der Waals surface area contributed by atoms with Crippen LogP contribution in [0.4, 0.5) is 0 Å². The fourth-order valence-corrected chi connectivity index (χ4v) is 1.99. The van der Waals surface area contributed by atoms with Gasteiger partial charge in [-0.3, -0.25) is 4.68 Å². The van der Waals surface area contributed by atoms with Gasteiger partial charge in [-0.15, -0.1) is 0 Å². The van der Waals surface area contributed by atoms with E-state index < -0.39 is 0 Å². The van der Waals surface area contributed by atoms with Crippen LogP contribution in [0.5, 0.6) is 0 Å². The zero-order chi connectivity index (χ0) is 9.26. The van der Waals surface area contributed by atoms with E-state index in [9.17, 15) is 0 Å². The van der Waals surface area contributed by atoms with Crippen molar-refractivity contribution in [3.63, 3.8) is 0 Å². The van der Waals surface area contributed by atoms with Crippen molar-refractivity contribution < 1.29 is 5.11 Å². The average Bonchev–Trinajstić information content (AvgIpc) is 2.71. The van der Waals surface area contributed by atoms with Crippen LogP contribution in [0.1, 0.15) is 17.9 Å². The summed E-state index contributed by atoms with van der Waals surface area (Å²) in [4.78, 5) is 0. The van der Waals surface area contributed by atoms with E-state index in [0.717, 1.165) is 13.0 Å². The summed E-state index contributed by atoms with van der Waals surface area (Å²) < 4.78 is 1.81. The molecule has 0 aliphatic carbocycles. The predicted octanol–water partition coefficient (Wildman–Crippen LogP) is -0.142. The smallest absolute Gasteiger partial charge is 0.0590 e. The Morgan fingerprint density at radius 2 is 2.62 bits per heavy atom. The van der Waals surface area contributed by atoms with E-state index in [4.69, 9.17) is 5.11 Å². The van der Waals surface area contributed by atoms with Crippen LogP contribution in [0.15, 0.2) is 12.4 Å². The van der Waals surface area contributed by atoms with Gasteiger partial charge in [0, 0.05) is 25.2 Å². The number of aromatic nitrogens is 2. The van der Waals surface area contributed by atoms with Crippen LogP contribution in [-0.2, 0) is 7.05 Å². The molecule has 2 unspecified atom stereocenters. The second-order valence-corrected chi connectivity index (χ2v) is 3.59. The van der Waals surface area contributed by atoms with Crippen molar-refractivity contribution in [2.24, 2.45) is 7.05 Å². The molecule has 1 fully saturated rings. The molecule has 2 N–H and O–H groups in total. The van der Waals surface area contributed by atoms with Crippen LogP contribution in [0.3, 0.4) is 0 Å². The van der Waals surface area contributed by atoms with E-state index in [0.29, 0.717) is 5.92 Å². The SMILES string of the molecule is Cn1cc(C2CCNC2CO)cn1. The van der Waals surface area contributed by atoms with Crippen LogP contribution in [0.25, 0.3) is 0 Å². The topological polar surface area (TPSA) is 50.1 Å². The van der Waals surface area contributed by atoms with Gasteiger partial charge in [0.05, 0.1) is 12.8 Å². The zero-order valence-electron chi connectivity index (χ0n) is 7.77. The molecular formula is C9H15N3O. The number of nitrogens with one attached hydrogen (secondary N) is 1. The fraction of sp³-hybridized carbons (Fsp3) is 0.667. The van der Waals surface area contributed by atoms with E-state index in [1.807, 2.05) is 24.1 Å². The Balaban J connectivity index is 2.15. The normalized spacial score (nSPS) is 28.2. The molecule has 1 aliphatic rings. The Morgan fingerprint density at radius 3 is 3.23 bits per heavy atom. The Morgan fingerprint density at radius 1 is 1.77 bits per heavy atom. The molecule has 4 nitrogen and oxygen atoms in total. The second-order valence-electron chi connectivity index (χ2n) is 3.59. The molecule has 1 saturated heterocycles. The molecular weight excluding hydrogens is 166 g/mol. The van der Waals surface area contributed by atoms with Gasteiger partial charge in [-0.05, 0) is 18.5 Å². The summed E-state index contributed by atoms with van der Waals surface area (Å²) in [6.07, 6.45) is 5.01. The Hall–Kier alpha value is -0.870. The molecule has 2 rings (SSSR count). The lowest BCUT2D eigenvalue weighted by Crippen LogP contribution is -2.29. The van der Waals surface area contributed by atoms with E-state index in [1.165, 1.54) is 5.56 Å². The predicted molar refractivity (Wildman–Crippen MR) is 49.4 cm³/mol. The Labute approximate surface area is 77.6 Å². The molecule has 0 amide bonds. The van der Waals surface area contributed by atoms with Crippen molar-refractivity contribution in [2.45, 2.75) is 18.4 Å². The summed E-state index contributed by atoms with van der Waals surface area (Å²) >= 11 is 0. The molecule has 2 atom stereocenters. The number of aliphatic hydroxyl groups excluding tert-OH is 1. The molecule has 0 spiro atoms. The lowest BCUT2D eigenvalue weighted by molar-refractivity contribution is 0.245. The van der Waals surface area contributed by atoms with Crippen molar-refractivity contribution in [1.82, 2.24) is 15.1 Å². The molecule has 4 heteroatoms. The minimum atomic E-state index is 0.208. The molecule has 0 saturated carbocycles. The highest BCUT2D eigenvalue weighted by Gasteiger charge is 2.28. The fourth-order valence-electron chi connectivity index (χ4n) is 1.99. The highest BCUT2D eigenvalue weighted by Crippen LogP contribution is 2.26. The maximum atomic E-state index is 9.11. The first-order valence-corrected chi connectivity index (χ1v) is 4.64. The second kappa shape index (κ2) is 3.47. The van der Waals surface area contributed by atoms with Crippen molar-refractivity contribution in [1.29, 1.82) is 0 Å². The van der Waals surface area contributed by atoms with Crippen LogP contribution in [-0.4, -0.2) is 34.1 Å². The molecule has 1 aliphatic heterocycles. The van der Waals surface area contributed by atoms with Crippen LogP contribution in [0, 0.1) is 0 Å². The maximum absolute atomic E-state index is 9.11. The van der Waals surface area contributed by atoms with Gasteiger partial charge in [0.25, 0.3) is 0 Å². The molecule has 13 heavy (non-hydrogen) atoms. The van der Waals surface area contributed by atoms with E-state index >= 15 is 0 Å². The molecule has 0 aromatic carbocycles. The summed E-state index contributed by atoms with van der Waals surface area (Å²) in [6.45, 7) is 1.20. The molecule has 72 valence electrons.